The zero-order valence-corrected chi connectivity index (χ0v) is 51.0. The summed E-state index contributed by atoms with van der Waals surface area (Å²) in [5.74, 6) is -2.12. The summed E-state index contributed by atoms with van der Waals surface area (Å²) in [7, 11) is 5.94. The number of esters is 2. The highest BCUT2D eigenvalue weighted by molar-refractivity contribution is 5.71. The summed E-state index contributed by atoms with van der Waals surface area (Å²) in [6.45, 7) is 4.56. The lowest BCUT2D eigenvalue weighted by atomic mass is 10.0. The molecule has 0 saturated carbocycles. The molecular weight excluding hydrogens is 983 g/mol. The normalized spacial score (nSPS) is 13.7. The van der Waals surface area contributed by atoms with Gasteiger partial charge in [0, 0.05) is 12.8 Å². The Kier molecular flexibility index (Phi) is 56.1. The first kappa shape index (κ1) is 74.4. The number of carbonyl (C=O) groups excluding carboxylic acids is 2. The van der Waals surface area contributed by atoms with Crippen LogP contribution in [0.5, 0.6) is 0 Å². The number of carbonyl (C=O) groups is 3. The third-order valence-corrected chi connectivity index (χ3v) is 12.9. The van der Waals surface area contributed by atoms with Gasteiger partial charge in [-0.1, -0.05) is 257 Å². The molecule has 0 bridgehead atoms. The van der Waals surface area contributed by atoms with Crippen LogP contribution in [0.2, 0.25) is 0 Å². The first-order chi connectivity index (χ1) is 38.6. The Labute approximate surface area is 484 Å². The second-order valence-corrected chi connectivity index (χ2v) is 21.6. The van der Waals surface area contributed by atoms with Crippen molar-refractivity contribution in [2.75, 3.05) is 47.5 Å². The minimum atomic E-state index is -1.54. The third kappa shape index (κ3) is 60.9. The predicted octanol–water partition coefficient (Wildman–Crippen LogP) is 19.0. The number of rotatable bonds is 56. The minimum absolute atomic E-state index is 0.129. The molecule has 79 heavy (non-hydrogen) atoms. The highest BCUT2D eigenvalue weighted by Gasteiger charge is 2.25. The van der Waals surface area contributed by atoms with Crippen molar-refractivity contribution in [2.45, 2.75) is 245 Å². The average Bonchev–Trinajstić information content (AvgIpc) is 3.42. The van der Waals surface area contributed by atoms with Crippen molar-refractivity contribution in [1.29, 1.82) is 0 Å². The molecule has 0 saturated heterocycles. The van der Waals surface area contributed by atoms with Gasteiger partial charge in [-0.2, -0.15) is 0 Å². The Morgan fingerprint density at radius 1 is 0.380 bits per heavy atom. The fourth-order valence-electron chi connectivity index (χ4n) is 8.18. The maximum atomic E-state index is 12.8. The van der Waals surface area contributed by atoms with Gasteiger partial charge in [-0.15, -0.1) is 0 Å². The number of unbranched alkanes of at least 4 members (excludes halogenated alkanes) is 19. The van der Waals surface area contributed by atoms with Gasteiger partial charge in [0.1, 0.15) is 13.2 Å². The number of carboxylic acid groups (broad SMARTS) is 1. The molecule has 2 unspecified atom stereocenters. The topological polar surface area (TPSA) is 108 Å². The van der Waals surface area contributed by atoms with E-state index in [9.17, 15) is 19.5 Å². The highest BCUT2D eigenvalue weighted by Crippen LogP contribution is 2.16. The average molecular weight is 1100 g/mol. The van der Waals surface area contributed by atoms with Crippen LogP contribution in [0.1, 0.15) is 232 Å². The first-order valence-corrected chi connectivity index (χ1v) is 31.3. The zero-order chi connectivity index (χ0) is 57.6. The number of hydrogen-bond acceptors (Lipinski definition) is 7. The maximum absolute atomic E-state index is 12.8. The standard InChI is InChI=1S/C70H115NO8/c1-6-8-10-12-14-16-18-20-22-24-26-27-28-29-30-31-32-33-34-35-36-37-38-39-40-41-43-44-46-48-50-52-54-56-58-60-67(72)77-64-66(65-78-70(69(74)75)76-63-62-71(3,4)5)79-68(73)61-59-57-55-53-51-49-47-45-42-25-23-21-19-17-15-13-11-9-7-2/h8-11,14-17,20-23,26-27,29-30,42,45,49,51,55,57,66,70H,6-7,12-13,18-19,24-25,28,31-41,43-44,46-48,50,52-54,56,58-65H2,1-5H3/p+1/b10-8-,11-9-,16-14-,17-15-,22-20-,23-21-,27-26-,30-29-,45-42-,51-49-,57-55-. The molecule has 2 atom stereocenters. The molecule has 0 aromatic rings. The SMILES string of the molecule is CC/C=C\C/C=C\C/C=C\C/C=C\C/C=C\C/C=C\CCC(=O)OC(COC(=O)CCCCCCCCCCCCCCCCCCCCC/C=C\C/C=C\C/C=C\C/C=C\C/C=C\CC)COC(OCC[N+](C)(C)C)C(=O)O. The van der Waals surface area contributed by atoms with E-state index >= 15 is 0 Å². The van der Waals surface area contributed by atoms with Gasteiger partial charge in [0.2, 0.25) is 0 Å². The minimum Gasteiger partial charge on any atom is -0.477 e. The second-order valence-electron chi connectivity index (χ2n) is 21.6. The maximum Gasteiger partial charge on any atom is 0.361 e. The van der Waals surface area contributed by atoms with Crippen LogP contribution >= 0.6 is 0 Å². The summed E-state index contributed by atoms with van der Waals surface area (Å²) in [6.07, 6.45) is 82.9. The molecule has 0 radical (unpaired) electrons. The molecule has 9 nitrogen and oxygen atoms in total. The molecule has 0 fully saturated rings. The molecule has 0 aromatic heterocycles. The van der Waals surface area contributed by atoms with Crippen LogP contribution in [-0.4, -0.2) is 87.4 Å². The van der Waals surface area contributed by atoms with Crippen molar-refractivity contribution in [3.8, 4) is 0 Å². The van der Waals surface area contributed by atoms with Crippen LogP contribution in [0.4, 0.5) is 0 Å². The highest BCUT2D eigenvalue weighted by atomic mass is 16.7. The number of nitrogens with zero attached hydrogens (tertiary/aromatic N) is 1. The number of aliphatic carboxylic acids is 1. The van der Waals surface area contributed by atoms with Crippen LogP contribution in [0.25, 0.3) is 0 Å². The van der Waals surface area contributed by atoms with E-state index in [4.69, 9.17) is 18.9 Å². The Hall–Kier alpha value is -4.57. The Bertz CT molecular complexity index is 1750. The van der Waals surface area contributed by atoms with Gasteiger partial charge in [0.05, 0.1) is 34.4 Å². The molecule has 0 rings (SSSR count). The van der Waals surface area contributed by atoms with Crippen LogP contribution < -0.4 is 0 Å². The summed E-state index contributed by atoms with van der Waals surface area (Å²) >= 11 is 0. The molecule has 0 aliphatic rings. The van der Waals surface area contributed by atoms with Crippen LogP contribution in [0.3, 0.4) is 0 Å². The number of likely N-dealkylation sites (N-methyl/N-ethyl adjacent to an activating group) is 1. The lowest BCUT2D eigenvalue weighted by molar-refractivity contribution is -0.870. The molecule has 0 aliphatic heterocycles. The summed E-state index contributed by atoms with van der Waals surface area (Å²) < 4.78 is 22.8. The van der Waals surface area contributed by atoms with E-state index in [0.29, 0.717) is 17.4 Å². The van der Waals surface area contributed by atoms with E-state index in [0.717, 1.165) is 89.9 Å². The van der Waals surface area contributed by atoms with Crippen molar-refractivity contribution in [2.24, 2.45) is 0 Å². The van der Waals surface area contributed by atoms with Crippen LogP contribution in [0, 0.1) is 0 Å². The van der Waals surface area contributed by atoms with Gasteiger partial charge >= 0.3 is 17.9 Å². The Morgan fingerprint density at radius 3 is 1.06 bits per heavy atom. The largest absolute Gasteiger partial charge is 0.477 e. The van der Waals surface area contributed by atoms with Gasteiger partial charge in [0.25, 0.3) is 6.29 Å². The number of hydrogen-bond donors (Lipinski definition) is 1. The Morgan fingerprint density at radius 2 is 0.709 bits per heavy atom. The molecule has 9 heteroatoms. The van der Waals surface area contributed by atoms with E-state index in [1.807, 2.05) is 33.3 Å². The Balaban J connectivity index is 4.16. The molecule has 0 spiro atoms. The molecular formula is C70H116NO8+. The molecule has 448 valence electrons. The zero-order valence-electron chi connectivity index (χ0n) is 51.0. The quantitative estimate of drug-likeness (QED) is 0.0211. The summed E-state index contributed by atoms with van der Waals surface area (Å²) in [5.41, 5.74) is 0. The van der Waals surface area contributed by atoms with Crippen molar-refractivity contribution in [3.63, 3.8) is 0 Å². The molecule has 0 aliphatic carbocycles. The van der Waals surface area contributed by atoms with Gasteiger partial charge in [-0.05, 0) is 96.3 Å². The smallest absolute Gasteiger partial charge is 0.361 e. The van der Waals surface area contributed by atoms with Crippen molar-refractivity contribution >= 4 is 17.9 Å². The summed E-state index contributed by atoms with van der Waals surface area (Å²) in [5, 5.41) is 9.70. The first-order valence-electron chi connectivity index (χ1n) is 31.3. The second kappa shape index (κ2) is 59.5. The van der Waals surface area contributed by atoms with E-state index in [2.05, 4.69) is 135 Å². The fourth-order valence-corrected chi connectivity index (χ4v) is 8.18. The molecule has 1 N–H and O–H groups in total. The van der Waals surface area contributed by atoms with Gasteiger partial charge in [0.15, 0.2) is 6.10 Å². The predicted molar refractivity (Wildman–Crippen MR) is 336 cm³/mol. The van der Waals surface area contributed by atoms with Gasteiger partial charge in [-0.25, -0.2) is 4.79 Å². The number of quaternary nitrogens is 1. The van der Waals surface area contributed by atoms with E-state index < -0.39 is 24.3 Å². The summed E-state index contributed by atoms with van der Waals surface area (Å²) in [4.78, 5) is 37.4. The lowest BCUT2D eigenvalue weighted by Gasteiger charge is -2.25. The van der Waals surface area contributed by atoms with Crippen molar-refractivity contribution in [3.05, 3.63) is 134 Å². The number of allylic oxidation sites excluding steroid dienone is 22. The van der Waals surface area contributed by atoms with Crippen molar-refractivity contribution in [1.82, 2.24) is 0 Å². The van der Waals surface area contributed by atoms with E-state index in [-0.39, 0.29) is 38.6 Å². The van der Waals surface area contributed by atoms with Gasteiger partial charge in [-0.3, -0.25) is 9.59 Å². The van der Waals surface area contributed by atoms with Crippen molar-refractivity contribution < 1.29 is 42.9 Å². The van der Waals surface area contributed by atoms with Gasteiger partial charge < -0.3 is 28.5 Å². The molecule has 0 aromatic carbocycles. The molecule has 0 amide bonds. The van der Waals surface area contributed by atoms with E-state index in [1.165, 1.54) is 109 Å². The van der Waals surface area contributed by atoms with Crippen LogP contribution in [0.15, 0.2) is 134 Å². The number of carboxylic acids is 1. The molecule has 0 heterocycles. The van der Waals surface area contributed by atoms with E-state index in [1.54, 1.807) is 0 Å². The number of ether oxygens (including phenoxy) is 4. The summed E-state index contributed by atoms with van der Waals surface area (Å²) in [6, 6.07) is 0. The lowest BCUT2D eigenvalue weighted by Crippen LogP contribution is -2.40. The van der Waals surface area contributed by atoms with Crippen LogP contribution in [-0.2, 0) is 33.3 Å². The third-order valence-electron chi connectivity index (χ3n) is 12.9. The monoisotopic (exact) mass is 1100 g/mol. The fraction of sp³-hybridized carbons (Fsp3) is 0.643.